The molecule has 0 atom stereocenters. The highest BCUT2D eigenvalue weighted by Crippen LogP contribution is 2.33. The lowest BCUT2D eigenvalue weighted by molar-refractivity contribution is -0.137. The number of thioether (sulfide) groups is 1. The number of alkyl halides is 3. The Morgan fingerprint density at radius 1 is 1.33 bits per heavy atom. The van der Waals surface area contributed by atoms with Crippen molar-refractivity contribution in [3.63, 3.8) is 0 Å². The highest BCUT2D eigenvalue weighted by atomic mass is 32.2. The molecule has 15 heavy (non-hydrogen) atoms. The van der Waals surface area contributed by atoms with E-state index in [1.807, 2.05) is 0 Å². The Bertz CT molecular complexity index is 365. The number of carbonyl (C=O) groups is 1. The first-order chi connectivity index (χ1) is 6.97. The molecular weight excluding hydrogens is 227 g/mol. The van der Waals surface area contributed by atoms with E-state index in [4.69, 9.17) is 0 Å². The van der Waals surface area contributed by atoms with Gasteiger partial charge in [-0.3, -0.25) is 4.79 Å². The molecule has 0 bridgehead atoms. The van der Waals surface area contributed by atoms with Crippen molar-refractivity contribution in [1.29, 1.82) is 0 Å². The molecular formula is C9H8F3NOS. The second kappa shape index (κ2) is 4.57. The van der Waals surface area contributed by atoms with Crippen molar-refractivity contribution in [3.05, 3.63) is 23.8 Å². The van der Waals surface area contributed by atoms with Crippen molar-refractivity contribution in [3.8, 4) is 0 Å². The molecule has 0 saturated heterocycles. The Morgan fingerprint density at radius 3 is 2.47 bits per heavy atom. The smallest absolute Gasteiger partial charge is 0.329 e. The van der Waals surface area contributed by atoms with Crippen LogP contribution in [0.25, 0.3) is 0 Å². The van der Waals surface area contributed by atoms with Gasteiger partial charge in [0.1, 0.15) is 0 Å². The summed E-state index contributed by atoms with van der Waals surface area (Å²) >= 11 is 1.18. The van der Waals surface area contributed by atoms with Crippen molar-refractivity contribution >= 4 is 23.9 Å². The van der Waals surface area contributed by atoms with Gasteiger partial charge >= 0.3 is 6.18 Å². The molecule has 1 amide bonds. The molecule has 1 N–H and O–H groups in total. The number of benzene rings is 1. The first kappa shape index (κ1) is 11.9. The van der Waals surface area contributed by atoms with Gasteiger partial charge in [0.2, 0.25) is 6.41 Å². The Labute approximate surface area is 88.9 Å². The normalized spacial score (nSPS) is 11.2. The second-order valence-corrected chi connectivity index (χ2v) is 3.59. The van der Waals surface area contributed by atoms with Gasteiger partial charge in [-0.25, -0.2) is 0 Å². The summed E-state index contributed by atoms with van der Waals surface area (Å²) in [7, 11) is 0. The lowest BCUT2D eigenvalue weighted by Crippen LogP contribution is -2.06. The van der Waals surface area contributed by atoms with E-state index in [0.29, 0.717) is 11.3 Å². The number of amides is 1. The van der Waals surface area contributed by atoms with Crippen LogP contribution in [0.15, 0.2) is 23.1 Å². The van der Waals surface area contributed by atoms with Crippen LogP contribution in [0.3, 0.4) is 0 Å². The Morgan fingerprint density at radius 2 is 2.00 bits per heavy atom. The third kappa shape index (κ3) is 3.16. The van der Waals surface area contributed by atoms with Gasteiger partial charge in [0.15, 0.2) is 0 Å². The van der Waals surface area contributed by atoms with Gasteiger partial charge in [-0.05, 0) is 24.5 Å². The average Bonchev–Trinajstić information content (AvgIpc) is 2.16. The molecule has 0 saturated carbocycles. The zero-order chi connectivity index (χ0) is 11.5. The summed E-state index contributed by atoms with van der Waals surface area (Å²) in [6.45, 7) is 0. The fourth-order valence-corrected chi connectivity index (χ4v) is 1.52. The third-order valence-corrected chi connectivity index (χ3v) is 2.40. The van der Waals surface area contributed by atoms with E-state index >= 15 is 0 Å². The maximum Gasteiger partial charge on any atom is 0.416 e. The van der Waals surface area contributed by atoms with E-state index < -0.39 is 11.7 Å². The van der Waals surface area contributed by atoms with Gasteiger partial charge < -0.3 is 5.32 Å². The number of hydrogen-bond acceptors (Lipinski definition) is 2. The maximum absolute atomic E-state index is 12.4. The number of halogens is 3. The summed E-state index contributed by atoms with van der Waals surface area (Å²) in [6, 6.07) is 3.42. The molecule has 0 aromatic heterocycles. The van der Waals surface area contributed by atoms with Crippen LogP contribution in [0.4, 0.5) is 18.9 Å². The molecule has 6 heteroatoms. The van der Waals surface area contributed by atoms with Gasteiger partial charge in [0.05, 0.1) is 5.56 Å². The minimum absolute atomic E-state index is 0.143. The van der Waals surface area contributed by atoms with Crippen molar-refractivity contribution in [2.75, 3.05) is 11.6 Å². The van der Waals surface area contributed by atoms with Gasteiger partial charge in [-0.2, -0.15) is 13.2 Å². The topological polar surface area (TPSA) is 29.1 Å². The molecule has 0 aliphatic rings. The minimum atomic E-state index is -4.40. The van der Waals surface area contributed by atoms with Gasteiger partial charge in [0, 0.05) is 10.6 Å². The summed E-state index contributed by atoms with van der Waals surface area (Å²) < 4.78 is 37.2. The van der Waals surface area contributed by atoms with Crippen molar-refractivity contribution in [2.24, 2.45) is 0 Å². The zero-order valence-corrected chi connectivity index (χ0v) is 8.58. The van der Waals surface area contributed by atoms with Gasteiger partial charge in [0.25, 0.3) is 0 Å². The molecule has 0 heterocycles. The number of anilines is 1. The second-order valence-electron chi connectivity index (χ2n) is 2.71. The predicted octanol–water partition coefficient (Wildman–Crippen LogP) is 3.00. The molecule has 0 aliphatic heterocycles. The van der Waals surface area contributed by atoms with Gasteiger partial charge in [-0.15, -0.1) is 11.8 Å². The predicted molar refractivity (Wildman–Crippen MR) is 52.9 cm³/mol. The number of carbonyl (C=O) groups excluding carboxylic acids is 1. The molecule has 0 fully saturated rings. The fraction of sp³-hybridized carbons (Fsp3) is 0.222. The molecule has 0 radical (unpaired) electrons. The largest absolute Gasteiger partial charge is 0.416 e. The summed E-state index contributed by atoms with van der Waals surface area (Å²) in [5.41, 5.74) is -0.622. The van der Waals surface area contributed by atoms with Crippen LogP contribution in [0.1, 0.15) is 5.56 Å². The summed E-state index contributed by atoms with van der Waals surface area (Å²) in [5.74, 6) is 0. The van der Waals surface area contributed by atoms with E-state index in [1.54, 1.807) is 6.26 Å². The average molecular weight is 235 g/mol. The first-order valence-electron chi connectivity index (χ1n) is 3.94. The minimum Gasteiger partial charge on any atom is -0.329 e. The quantitative estimate of drug-likeness (QED) is 0.644. The fourth-order valence-electron chi connectivity index (χ4n) is 1.03. The third-order valence-electron chi connectivity index (χ3n) is 1.70. The molecule has 2 nitrogen and oxygen atoms in total. The Hall–Kier alpha value is -1.17. The van der Waals surface area contributed by atoms with Crippen LogP contribution >= 0.6 is 11.8 Å². The SMILES string of the molecule is CSc1cc(NC=O)cc(C(F)(F)F)c1. The summed E-state index contributed by atoms with van der Waals surface area (Å²) in [4.78, 5) is 10.6. The van der Waals surface area contributed by atoms with Crippen LogP contribution in [0.2, 0.25) is 0 Å². The first-order valence-corrected chi connectivity index (χ1v) is 5.16. The highest BCUT2D eigenvalue weighted by molar-refractivity contribution is 7.98. The molecule has 82 valence electrons. The molecule has 1 rings (SSSR count). The van der Waals surface area contributed by atoms with E-state index in [0.717, 1.165) is 12.1 Å². The number of nitrogens with one attached hydrogen (secondary N) is 1. The molecule has 0 spiro atoms. The van der Waals surface area contributed by atoms with Crippen LogP contribution in [0, 0.1) is 0 Å². The van der Waals surface area contributed by atoms with Crippen LogP contribution in [0.5, 0.6) is 0 Å². The molecule has 0 unspecified atom stereocenters. The summed E-state index contributed by atoms with van der Waals surface area (Å²) in [5, 5.41) is 2.20. The number of rotatable bonds is 3. The van der Waals surface area contributed by atoms with Crippen LogP contribution < -0.4 is 5.32 Å². The van der Waals surface area contributed by atoms with Crippen LogP contribution in [-0.2, 0) is 11.0 Å². The lowest BCUT2D eigenvalue weighted by Gasteiger charge is -2.10. The van der Waals surface area contributed by atoms with Crippen LogP contribution in [-0.4, -0.2) is 12.7 Å². The Balaban J connectivity index is 3.17. The highest BCUT2D eigenvalue weighted by Gasteiger charge is 2.31. The van der Waals surface area contributed by atoms with E-state index in [-0.39, 0.29) is 5.69 Å². The lowest BCUT2D eigenvalue weighted by atomic mass is 10.2. The Kier molecular flexibility index (Phi) is 3.62. The molecule has 1 aromatic carbocycles. The van der Waals surface area contributed by atoms with E-state index in [2.05, 4.69) is 5.32 Å². The molecule has 0 aliphatic carbocycles. The molecule has 1 aromatic rings. The van der Waals surface area contributed by atoms with Crippen molar-refractivity contribution in [2.45, 2.75) is 11.1 Å². The monoisotopic (exact) mass is 235 g/mol. The standard InChI is InChI=1S/C9H8F3NOS/c1-15-8-3-6(9(10,11)12)2-7(4-8)13-5-14/h2-5H,1H3,(H,13,14). The van der Waals surface area contributed by atoms with Gasteiger partial charge in [-0.1, -0.05) is 0 Å². The van der Waals surface area contributed by atoms with Crippen molar-refractivity contribution in [1.82, 2.24) is 0 Å². The zero-order valence-electron chi connectivity index (χ0n) is 7.76. The van der Waals surface area contributed by atoms with E-state index in [9.17, 15) is 18.0 Å². The summed E-state index contributed by atoms with van der Waals surface area (Å²) in [6.07, 6.45) is -2.38. The van der Waals surface area contributed by atoms with E-state index in [1.165, 1.54) is 17.8 Å². The maximum atomic E-state index is 12.4. The van der Waals surface area contributed by atoms with Crippen molar-refractivity contribution < 1.29 is 18.0 Å². The number of hydrogen-bond donors (Lipinski definition) is 1.